The summed E-state index contributed by atoms with van der Waals surface area (Å²) in [4.78, 5) is 10.7. The van der Waals surface area contributed by atoms with Crippen molar-refractivity contribution >= 4 is 16.9 Å². The molecule has 1 aromatic rings. The number of nitriles is 1. The predicted molar refractivity (Wildman–Crippen MR) is 53.1 cm³/mol. The number of carbonyl (C=O) groups excluding carboxylic acids is 1. The maximum absolute atomic E-state index is 12.9. The molecule has 0 aliphatic carbocycles. The van der Waals surface area contributed by atoms with Crippen LogP contribution in [0, 0.1) is 17.1 Å². The van der Waals surface area contributed by atoms with Crippen LogP contribution in [0.4, 0.5) is 4.39 Å². The molecule has 1 aromatic carbocycles. The van der Waals surface area contributed by atoms with Crippen molar-refractivity contribution < 1.29 is 9.18 Å². The van der Waals surface area contributed by atoms with Gasteiger partial charge in [0.25, 0.3) is 0 Å². The van der Waals surface area contributed by atoms with E-state index in [9.17, 15) is 9.18 Å². The summed E-state index contributed by atoms with van der Waals surface area (Å²) < 4.78 is 12.9. The molecule has 0 N–H and O–H groups in total. The average molecular weight is 209 g/mol. The van der Waals surface area contributed by atoms with Gasteiger partial charge >= 0.3 is 0 Å². The van der Waals surface area contributed by atoms with Crippen LogP contribution in [0.1, 0.15) is 18.1 Å². The first-order valence-corrected chi connectivity index (χ1v) is 4.93. The Labute approximate surface area is 85.7 Å². The van der Waals surface area contributed by atoms with Crippen molar-refractivity contribution in [1.29, 1.82) is 5.26 Å². The van der Waals surface area contributed by atoms with Crippen LogP contribution >= 0.6 is 11.8 Å². The standard InChI is InChI=1S/C10H8FNOS/c1-7(13)14-6-9-2-8(5-12)3-10(11)4-9/h2-4H,6H2,1H3. The van der Waals surface area contributed by atoms with Crippen molar-refractivity contribution in [3.05, 3.63) is 35.1 Å². The summed E-state index contributed by atoms with van der Waals surface area (Å²) in [5, 5.41) is 8.55. The van der Waals surface area contributed by atoms with Gasteiger partial charge in [-0.3, -0.25) is 4.79 Å². The topological polar surface area (TPSA) is 40.9 Å². The lowest BCUT2D eigenvalue weighted by Gasteiger charge is -1.99. The normalized spacial score (nSPS) is 9.50. The molecule has 2 nitrogen and oxygen atoms in total. The molecule has 0 saturated heterocycles. The maximum atomic E-state index is 12.9. The van der Waals surface area contributed by atoms with Crippen LogP contribution < -0.4 is 0 Å². The van der Waals surface area contributed by atoms with Crippen molar-refractivity contribution in [3.8, 4) is 6.07 Å². The van der Waals surface area contributed by atoms with Crippen LogP contribution in [0.15, 0.2) is 18.2 Å². The summed E-state index contributed by atoms with van der Waals surface area (Å²) in [6, 6.07) is 5.94. The van der Waals surface area contributed by atoms with Crippen molar-refractivity contribution in [1.82, 2.24) is 0 Å². The van der Waals surface area contributed by atoms with Crippen LogP contribution in [-0.4, -0.2) is 5.12 Å². The molecule has 0 aliphatic heterocycles. The largest absolute Gasteiger partial charge is 0.288 e. The summed E-state index contributed by atoms with van der Waals surface area (Å²) >= 11 is 1.10. The summed E-state index contributed by atoms with van der Waals surface area (Å²) in [6.07, 6.45) is 0. The summed E-state index contributed by atoms with van der Waals surface area (Å²) in [5.41, 5.74) is 0.936. The minimum absolute atomic E-state index is 0.0206. The van der Waals surface area contributed by atoms with Gasteiger partial charge in [-0.2, -0.15) is 5.26 Å². The highest BCUT2D eigenvalue weighted by molar-refractivity contribution is 8.12. The van der Waals surface area contributed by atoms with Gasteiger partial charge < -0.3 is 0 Å². The first kappa shape index (κ1) is 10.7. The Bertz CT molecular complexity index is 398. The van der Waals surface area contributed by atoms with Crippen LogP contribution in [0.2, 0.25) is 0 Å². The molecule has 4 heteroatoms. The van der Waals surface area contributed by atoms with E-state index < -0.39 is 5.82 Å². The fraction of sp³-hybridized carbons (Fsp3) is 0.200. The van der Waals surface area contributed by atoms with Crippen LogP contribution in [-0.2, 0) is 10.5 Å². The molecular formula is C10H8FNOS. The third-order valence-corrected chi connectivity index (χ3v) is 2.41. The lowest BCUT2D eigenvalue weighted by molar-refractivity contribution is -0.109. The van der Waals surface area contributed by atoms with Crippen LogP contribution in [0.5, 0.6) is 0 Å². The minimum Gasteiger partial charge on any atom is -0.288 e. The maximum Gasteiger partial charge on any atom is 0.186 e. The third-order valence-electron chi connectivity index (χ3n) is 1.53. The fourth-order valence-electron chi connectivity index (χ4n) is 0.983. The Morgan fingerprint density at radius 3 is 2.86 bits per heavy atom. The fourth-order valence-corrected chi connectivity index (χ4v) is 1.52. The van der Waals surface area contributed by atoms with Gasteiger partial charge in [0, 0.05) is 12.7 Å². The van der Waals surface area contributed by atoms with E-state index in [0.29, 0.717) is 11.3 Å². The van der Waals surface area contributed by atoms with Gasteiger partial charge in [0.2, 0.25) is 0 Å². The zero-order valence-corrected chi connectivity index (χ0v) is 8.40. The van der Waals surface area contributed by atoms with Gasteiger partial charge in [-0.1, -0.05) is 11.8 Å². The Morgan fingerprint density at radius 1 is 1.57 bits per heavy atom. The van der Waals surface area contributed by atoms with E-state index in [0.717, 1.165) is 11.8 Å². The van der Waals surface area contributed by atoms with E-state index in [2.05, 4.69) is 0 Å². The number of halogens is 1. The van der Waals surface area contributed by atoms with Gasteiger partial charge in [-0.15, -0.1) is 0 Å². The van der Waals surface area contributed by atoms with Gasteiger partial charge in [0.1, 0.15) is 5.82 Å². The second-order valence-corrected chi connectivity index (χ2v) is 3.89. The van der Waals surface area contributed by atoms with Gasteiger partial charge in [-0.25, -0.2) is 4.39 Å². The number of carbonyl (C=O) groups is 1. The van der Waals surface area contributed by atoms with Crippen LogP contribution in [0.3, 0.4) is 0 Å². The molecule has 0 spiro atoms. The van der Waals surface area contributed by atoms with Crippen molar-refractivity contribution in [2.75, 3.05) is 0 Å². The lowest BCUT2D eigenvalue weighted by atomic mass is 10.1. The highest BCUT2D eigenvalue weighted by atomic mass is 32.2. The lowest BCUT2D eigenvalue weighted by Crippen LogP contribution is -1.89. The monoisotopic (exact) mass is 209 g/mol. The van der Waals surface area contributed by atoms with Crippen LogP contribution in [0.25, 0.3) is 0 Å². The molecule has 0 amide bonds. The van der Waals surface area contributed by atoms with E-state index in [1.165, 1.54) is 19.1 Å². The number of benzene rings is 1. The number of nitrogens with zero attached hydrogens (tertiary/aromatic N) is 1. The second kappa shape index (κ2) is 4.77. The number of thioether (sulfide) groups is 1. The molecule has 1 rings (SSSR count). The summed E-state index contributed by atoms with van der Waals surface area (Å²) in [5.74, 6) is -0.0369. The molecule has 0 saturated carbocycles. The zero-order valence-electron chi connectivity index (χ0n) is 7.58. The SMILES string of the molecule is CC(=O)SCc1cc(F)cc(C#N)c1. The highest BCUT2D eigenvalue weighted by Gasteiger charge is 2.02. The van der Waals surface area contributed by atoms with Gasteiger partial charge in [0.05, 0.1) is 11.6 Å². The first-order valence-electron chi connectivity index (χ1n) is 3.95. The highest BCUT2D eigenvalue weighted by Crippen LogP contribution is 2.15. The average Bonchev–Trinajstić information content (AvgIpc) is 2.14. The molecule has 0 aliphatic rings. The van der Waals surface area contributed by atoms with E-state index in [1.54, 1.807) is 6.07 Å². The molecule has 0 atom stereocenters. The van der Waals surface area contributed by atoms with E-state index in [-0.39, 0.29) is 10.7 Å². The Morgan fingerprint density at radius 2 is 2.29 bits per heavy atom. The molecule has 0 radical (unpaired) electrons. The molecule has 0 fully saturated rings. The predicted octanol–water partition coefficient (Wildman–Crippen LogP) is 2.48. The number of hydrogen-bond acceptors (Lipinski definition) is 3. The Hall–Kier alpha value is -1.34. The van der Waals surface area contributed by atoms with E-state index in [1.807, 2.05) is 6.07 Å². The molecule has 0 aromatic heterocycles. The third kappa shape index (κ3) is 3.19. The smallest absolute Gasteiger partial charge is 0.186 e. The summed E-state index contributed by atoms with van der Waals surface area (Å²) in [7, 11) is 0. The Balaban J connectivity index is 2.82. The van der Waals surface area contributed by atoms with E-state index in [4.69, 9.17) is 5.26 Å². The molecular weight excluding hydrogens is 201 g/mol. The van der Waals surface area contributed by atoms with Gasteiger partial charge in [0.15, 0.2) is 5.12 Å². The minimum atomic E-state index is -0.441. The number of hydrogen-bond donors (Lipinski definition) is 0. The number of rotatable bonds is 2. The molecule has 0 heterocycles. The van der Waals surface area contributed by atoms with E-state index >= 15 is 0 Å². The first-order chi connectivity index (χ1) is 6.61. The molecule has 14 heavy (non-hydrogen) atoms. The summed E-state index contributed by atoms with van der Waals surface area (Å²) in [6.45, 7) is 1.45. The quantitative estimate of drug-likeness (QED) is 0.751. The second-order valence-electron chi connectivity index (χ2n) is 2.74. The molecule has 0 unspecified atom stereocenters. The van der Waals surface area contributed by atoms with Crippen molar-refractivity contribution in [2.45, 2.75) is 12.7 Å². The Kier molecular flexibility index (Phi) is 3.66. The zero-order chi connectivity index (χ0) is 10.6. The molecule has 72 valence electrons. The molecule has 0 bridgehead atoms. The van der Waals surface area contributed by atoms with Crippen molar-refractivity contribution in [3.63, 3.8) is 0 Å². The van der Waals surface area contributed by atoms with Crippen molar-refractivity contribution in [2.24, 2.45) is 0 Å². The van der Waals surface area contributed by atoms with Gasteiger partial charge in [-0.05, 0) is 23.8 Å².